The number of nitriles is 1. The minimum absolute atomic E-state index is 0.0628. The molecule has 28 heavy (non-hydrogen) atoms. The standard InChI is InChI=1S/C18H18N4O6/c1-21-16(20)13(17(25)22(2)18(21)26)14(23)10(8-19)5-9-6-11(27-3)15(24)12(7-9)28-4/h5-7,24H,20H2,1-4H3/b10-5+. The van der Waals surface area contributed by atoms with Gasteiger partial charge in [0.15, 0.2) is 11.5 Å². The Bertz CT molecular complexity index is 1130. The van der Waals surface area contributed by atoms with Crippen LogP contribution in [0.3, 0.4) is 0 Å². The minimum Gasteiger partial charge on any atom is -0.502 e. The molecule has 10 heteroatoms. The van der Waals surface area contributed by atoms with Gasteiger partial charge in [0.1, 0.15) is 23.0 Å². The summed E-state index contributed by atoms with van der Waals surface area (Å²) in [5.74, 6) is -1.41. The van der Waals surface area contributed by atoms with Crippen LogP contribution in [0.15, 0.2) is 27.3 Å². The smallest absolute Gasteiger partial charge is 0.332 e. The number of Topliss-reactive ketones (excluding diaryl/α,β-unsaturated/α-hetero) is 1. The number of carbonyl (C=O) groups is 1. The van der Waals surface area contributed by atoms with E-state index in [1.165, 1.54) is 46.5 Å². The van der Waals surface area contributed by atoms with Crippen molar-refractivity contribution >= 4 is 17.7 Å². The first-order valence-corrected chi connectivity index (χ1v) is 7.84. The van der Waals surface area contributed by atoms with Crippen LogP contribution >= 0.6 is 0 Å². The van der Waals surface area contributed by atoms with Gasteiger partial charge < -0.3 is 20.3 Å². The molecule has 2 rings (SSSR count). The van der Waals surface area contributed by atoms with Crippen LogP contribution in [0.5, 0.6) is 17.2 Å². The van der Waals surface area contributed by atoms with E-state index >= 15 is 0 Å². The summed E-state index contributed by atoms with van der Waals surface area (Å²) in [6.07, 6.45) is 1.19. The molecule has 0 aliphatic rings. The molecule has 1 aromatic carbocycles. The first-order valence-electron chi connectivity index (χ1n) is 7.84. The summed E-state index contributed by atoms with van der Waals surface area (Å²) < 4.78 is 11.7. The molecule has 0 aliphatic carbocycles. The second-order valence-corrected chi connectivity index (χ2v) is 5.74. The number of allylic oxidation sites excluding steroid dienone is 1. The lowest BCUT2D eigenvalue weighted by Crippen LogP contribution is -2.41. The number of aromatic nitrogens is 2. The first-order chi connectivity index (χ1) is 13.2. The maximum atomic E-state index is 12.8. The zero-order chi connectivity index (χ0) is 21.2. The van der Waals surface area contributed by atoms with Crippen LogP contribution in [0.1, 0.15) is 15.9 Å². The van der Waals surface area contributed by atoms with Gasteiger partial charge in [0.05, 0.1) is 14.2 Å². The number of rotatable bonds is 5. The monoisotopic (exact) mass is 386 g/mol. The molecule has 0 radical (unpaired) electrons. The van der Waals surface area contributed by atoms with Crippen molar-refractivity contribution in [2.75, 3.05) is 20.0 Å². The van der Waals surface area contributed by atoms with Crippen molar-refractivity contribution in [3.8, 4) is 23.3 Å². The van der Waals surface area contributed by atoms with Crippen LogP contribution in [0, 0.1) is 11.3 Å². The normalized spacial score (nSPS) is 11.0. The molecule has 1 aromatic heterocycles. The number of hydrogen-bond acceptors (Lipinski definition) is 8. The highest BCUT2D eigenvalue weighted by Gasteiger charge is 2.23. The predicted molar refractivity (Wildman–Crippen MR) is 100 cm³/mol. The average molecular weight is 386 g/mol. The quantitative estimate of drug-likeness (QED) is 0.420. The van der Waals surface area contributed by atoms with Crippen LogP contribution < -0.4 is 26.5 Å². The van der Waals surface area contributed by atoms with Crippen LogP contribution in [0.4, 0.5) is 5.82 Å². The van der Waals surface area contributed by atoms with Crippen molar-refractivity contribution in [2.45, 2.75) is 0 Å². The zero-order valence-corrected chi connectivity index (χ0v) is 15.6. The molecule has 0 saturated heterocycles. The van der Waals surface area contributed by atoms with Gasteiger partial charge in [0.25, 0.3) is 5.56 Å². The van der Waals surface area contributed by atoms with E-state index < -0.39 is 28.2 Å². The Kier molecular flexibility index (Phi) is 5.59. The van der Waals surface area contributed by atoms with E-state index in [0.717, 1.165) is 9.13 Å². The second-order valence-electron chi connectivity index (χ2n) is 5.74. The van der Waals surface area contributed by atoms with Crippen molar-refractivity contribution in [2.24, 2.45) is 14.1 Å². The SMILES string of the molecule is COc1cc(/C=C(\C#N)C(=O)c2c(N)n(C)c(=O)n(C)c2=O)cc(OC)c1O. The van der Waals surface area contributed by atoms with Crippen molar-refractivity contribution in [1.29, 1.82) is 5.26 Å². The summed E-state index contributed by atoms with van der Waals surface area (Å²) in [4.78, 5) is 37.1. The lowest BCUT2D eigenvalue weighted by atomic mass is 10.0. The summed E-state index contributed by atoms with van der Waals surface area (Å²) in [6.45, 7) is 0. The molecule has 0 aliphatic heterocycles. The average Bonchev–Trinajstić information content (AvgIpc) is 2.69. The molecule has 10 nitrogen and oxygen atoms in total. The van der Waals surface area contributed by atoms with Gasteiger partial charge in [-0.25, -0.2) is 4.79 Å². The number of ketones is 1. The number of nitrogens with zero attached hydrogens (tertiary/aromatic N) is 3. The Morgan fingerprint density at radius 1 is 1.18 bits per heavy atom. The van der Waals surface area contributed by atoms with Crippen molar-refractivity contribution < 1.29 is 19.4 Å². The van der Waals surface area contributed by atoms with Gasteiger partial charge in [-0.3, -0.25) is 18.7 Å². The van der Waals surface area contributed by atoms with Gasteiger partial charge in [-0.05, 0) is 23.8 Å². The molecule has 0 atom stereocenters. The molecule has 2 aromatic rings. The van der Waals surface area contributed by atoms with Gasteiger partial charge in [0.2, 0.25) is 11.5 Å². The summed E-state index contributed by atoms with van der Waals surface area (Å²) in [5.41, 5.74) is 3.57. The second kappa shape index (κ2) is 7.71. The van der Waals surface area contributed by atoms with Gasteiger partial charge >= 0.3 is 5.69 Å². The van der Waals surface area contributed by atoms with Gasteiger partial charge in [-0.2, -0.15) is 5.26 Å². The van der Waals surface area contributed by atoms with Gasteiger partial charge in [-0.15, -0.1) is 0 Å². The highest BCUT2D eigenvalue weighted by atomic mass is 16.5. The summed E-state index contributed by atoms with van der Waals surface area (Å²) >= 11 is 0. The zero-order valence-electron chi connectivity index (χ0n) is 15.6. The third-order valence-corrected chi connectivity index (χ3v) is 4.12. The fraction of sp³-hybridized carbons (Fsp3) is 0.222. The van der Waals surface area contributed by atoms with Crippen molar-refractivity contribution in [3.05, 3.63) is 49.7 Å². The van der Waals surface area contributed by atoms with Crippen LogP contribution in [-0.4, -0.2) is 34.2 Å². The Morgan fingerprint density at radius 2 is 1.71 bits per heavy atom. The van der Waals surface area contributed by atoms with Crippen LogP contribution in [0.25, 0.3) is 6.08 Å². The number of carbonyl (C=O) groups excluding carboxylic acids is 1. The predicted octanol–water partition coefficient (Wildman–Crippen LogP) is 0.179. The van der Waals surface area contributed by atoms with E-state index in [4.69, 9.17) is 15.2 Å². The first kappa shape index (κ1) is 20.3. The molecule has 0 bridgehead atoms. The molecular formula is C18H18N4O6. The fourth-order valence-corrected chi connectivity index (χ4v) is 2.52. The molecule has 0 saturated carbocycles. The number of phenolic OH excluding ortho intramolecular Hbond substituents is 1. The largest absolute Gasteiger partial charge is 0.502 e. The summed E-state index contributed by atoms with van der Waals surface area (Å²) in [7, 11) is 5.16. The molecule has 146 valence electrons. The number of benzene rings is 1. The third-order valence-electron chi connectivity index (χ3n) is 4.12. The molecule has 1 heterocycles. The Balaban J connectivity index is 2.69. The Labute approximate surface area is 159 Å². The molecular weight excluding hydrogens is 368 g/mol. The number of methoxy groups -OCH3 is 2. The van der Waals surface area contributed by atoms with Gasteiger partial charge in [-0.1, -0.05) is 0 Å². The maximum Gasteiger partial charge on any atom is 0.332 e. The highest BCUT2D eigenvalue weighted by Crippen LogP contribution is 2.37. The molecule has 0 amide bonds. The van der Waals surface area contributed by atoms with Gasteiger partial charge in [0, 0.05) is 14.1 Å². The number of aromatic hydroxyl groups is 1. The number of anilines is 1. The molecule has 0 fully saturated rings. The number of nitrogen functional groups attached to an aromatic ring is 1. The molecule has 3 N–H and O–H groups in total. The molecule has 0 unspecified atom stereocenters. The number of ether oxygens (including phenoxy) is 2. The van der Waals surface area contributed by atoms with E-state index in [2.05, 4.69) is 0 Å². The lowest BCUT2D eigenvalue weighted by molar-refractivity contribution is 0.103. The van der Waals surface area contributed by atoms with Crippen molar-refractivity contribution in [1.82, 2.24) is 9.13 Å². The third kappa shape index (κ3) is 3.33. The van der Waals surface area contributed by atoms with Crippen LogP contribution in [-0.2, 0) is 14.1 Å². The lowest BCUT2D eigenvalue weighted by Gasteiger charge is -2.11. The number of nitrogens with two attached hydrogens (primary N) is 1. The van der Waals surface area contributed by atoms with E-state index in [1.807, 2.05) is 0 Å². The fourth-order valence-electron chi connectivity index (χ4n) is 2.52. The van der Waals surface area contributed by atoms with E-state index in [1.54, 1.807) is 6.07 Å². The topological polar surface area (TPSA) is 150 Å². The van der Waals surface area contributed by atoms with Crippen molar-refractivity contribution in [3.63, 3.8) is 0 Å². The molecule has 0 spiro atoms. The number of phenols is 1. The Hall–Kier alpha value is -4.00. The van der Waals surface area contributed by atoms with Crippen LogP contribution in [0.2, 0.25) is 0 Å². The number of hydrogen-bond donors (Lipinski definition) is 2. The maximum absolute atomic E-state index is 12.8. The van der Waals surface area contributed by atoms with E-state index in [9.17, 15) is 24.8 Å². The summed E-state index contributed by atoms with van der Waals surface area (Å²) in [5, 5.41) is 19.4. The Morgan fingerprint density at radius 3 is 2.18 bits per heavy atom. The van der Waals surface area contributed by atoms with E-state index in [-0.39, 0.29) is 23.1 Å². The highest BCUT2D eigenvalue weighted by molar-refractivity contribution is 6.16. The summed E-state index contributed by atoms with van der Waals surface area (Å²) in [6, 6.07) is 4.48. The van der Waals surface area contributed by atoms with E-state index in [0.29, 0.717) is 5.56 Å². The minimum atomic E-state index is -0.942.